The van der Waals surface area contributed by atoms with Crippen molar-refractivity contribution in [2.24, 2.45) is 0 Å². The molecule has 0 radical (unpaired) electrons. The highest BCUT2D eigenvalue weighted by Gasteiger charge is 2.16. The Kier molecular flexibility index (Phi) is 3.57. The molecule has 0 aliphatic heterocycles. The van der Waals surface area contributed by atoms with Crippen LogP contribution in [0.4, 0.5) is 21.7 Å². The van der Waals surface area contributed by atoms with Crippen LogP contribution in [-0.4, -0.2) is 29.7 Å². The number of H-pyrrole nitrogens is 1. The van der Waals surface area contributed by atoms with Crippen molar-refractivity contribution in [3.05, 3.63) is 64.5 Å². The van der Waals surface area contributed by atoms with Crippen molar-refractivity contribution in [1.82, 2.24) is 24.7 Å². The molecule has 4 aromatic rings. The van der Waals surface area contributed by atoms with Gasteiger partial charge in [-0.05, 0) is 18.6 Å². The van der Waals surface area contributed by atoms with Crippen LogP contribution in [0.15, 0.2) is 43.0 Å². The van der Waals surface area contributed by atoms with E-state index in [2.05, 4.69) is 25.5 Å². The topological polar surface area (TPSA) is 115 Å². The number of aryl methyl sites for hydroxylation is 1. The van der Waals surface area contributed by atoms with Gasteiger partial charge in [0.1, 0.15) is 0 Å². The monoisotopic (exact) mass is 353 g/mol. The summed E-state index contributed by atoms with van der Waals surface area (Å²) < 4.78 is 15.9. The Hall–Kier alpha value is -3.82. The third-order valence-corrected chi connectivity index (χ3v) is 3.91. The second-order valence-electron chi connectivity index (χ2n) is 5.62. The fourth-order valence-corrected chi connectivity index (χ4v) is 2.71. The first-order valence-corrected chi connectivity index (χ1v) is 7.58. The second kappa shape index (κ2) is 5.92. The average molecular weight is 353 g/mol. The quantitative estimate of drug-likeness (QED) is 0.430. The molecule has 4 rings (SSSR count). The minimum Gasteiger partial charge on any atom is -0.321 e. The zero-order valence-electron chi connectivity index (χ0n) is 13.5. The molecule has 130 valence electrons. The Morgan fingerprint density at radius 2 is 2.19 bits per heavy atom. The number of hydrogen-bond acceptors (Lipinski definition) is 6. The summed E-state index contributed by atoms with van der Waals surface area (Å²) in [6.45, 7) is 1.80. The summed E-state index contributed by atoms with van der Waals surface area (Å²) >= 11 is 0. The first-order chi connectivity index (χ1) is 12.5. The first kappa shape index (κ1) is 15.7. The van der Waals surface area contributed by atoms with Crippen molar-refractivity contribution in [2.45, 2.75) is 6.92 Å². The summed E-state index contributed by atoms with van der Waals surface area (Å²) in [6.07, 6.45) is 5.90. The van der Waals surface area contributed by atoms with Gasteiger partial charge in [-0.15, -0.1) is 0 Å². The normalized spacial score (nSPS) is 11.0. The van der Waals surface area contributed by atoms with Gasteiger partial charge in [0.05, 0.1) is 28.5 Å². The molecule has 1 aromatic carbocycles. The Morgan fingerprint density at radius 1 is 1.35 bits per heavy atom. The van der Waals surface area contributed by atoms with Crippen LogP contribution in [-0.2, 0) is 0 Å². The number of aromatic amines is 1. The number of fused-ring (bicyclic) bond motifs is 1. The number of nitrogens with one attached hydrogen (secondary N) is 2. The molecule has 0 aliphatic carbocycles. The summed E-state index contributed by atoms with van der Waals surface area (Å²) in [5.41, 5.74) is 1.99. The molecule has 0 atom stereocenters. The number of nitrogens with zero attached hydrogens (tertiary/aromatic N) is 5. The SMILES string of the molecule is Cc1cn(-c2nc(Nc3cn[nH]c3)ncc2F)c2ccc([N+](=O)[O-])cc12. The fraction of sp³-hybridized carbons (Fsp3) is 0.0625. The summed E-state index contributed by atoms with van der Waals surface area (Å²) in [5.74, 6) is -0.375. The van der Waals surface area contributed by atoms with Gasteiger partial charge < -0.3 is 5.32 Å². The number of halogens is 1. The number of hydrogen-bond donors (Lipinski definition) is 2. The van der Waals surface area contributed by atoms with E-state index in [1.54, 1.807) is 36.1 Å². The number of nitro benzene ring substituents is 1. The molecule has 9 nitrogen and oxygen atoms in total. The van der Waals surface area contributed by atoms with Crippen LogP contribution in [0.1, 0.15) is 5.56 Å². The third-order valence-electron chi connectivity index (χ3n) is 3.91. The Labute approximate surface area is 145 Å². The lowest BCUT2D eigenvalue weighted by atomic mass is 10.2. The molecular formula is C16H12FN7O2. The highest BCUT2D eigenvalue weighted by atomic mass is 19.1. The van der Waals surface area contributed by atoms with Gasteiger partial charge in [-0.2, -0.15) is 10.1 Å². The average Bonchev–Trinajstić information content (AvgIpc) is 3.24. The Morgan fingerprint density at radius 3 is 2.92 bits per heavy atom. The zero-order valence-corrected chi connectivity index (χ0v) is 13.5. The number of aromatic nitrogens is 5. The van der Waals surface area contributed by atoms with Gasteiger partial charge in [-0.1, -0.05) is 0 Å². The fourth-order valence-electron chi connectivity index (χ4n) is 2.71. The van der Waals surface area contributed by atoms with E-state index < -0.39 is 10.7 Å². The van der Waals surface area contributed by atoms with Crippen LogP contribution >= 0.6 is 0 Å². The lowest BCUT2D eigenvalue weighted by Crippen LogP contribution is -2.05. The standard InChI is InChI=1S/C16H12FN7O2/c1-9-8-23(14-3-2-11(24(25)26)4-12(9)14)15-13(17)7-18-16(22-15)21-10-5-19-20-6-10/h2-8H,1H3,(H,19,20)(H,18,21,22). The van der Waals surface area contributed by atoms with Crippen molar-refractivity contribution in [2.75, 3.05) is 5.32 Å². The van der Waals surface area contributed by atoms with E-state index in [0.717, 1.165) is 11.8 Å². The van der Waals surface area contributed by atoms with E-state index in [1.165, 1.54) is 12.1 Å². The first-order valence-electron chi connectivity index (χ1n) is 7.58. The Balaban J connectivity index is 1.83. The molecule has 10 heteroatoms. The molecule has 0 bridgehead atoms. The molecule has 0 saturated carbocycles. The summed E-state index contributed by atoms with van der Waals surface area (Å²) in [6, 6.07) is 4.41. The minimum atomic E-state index is -0.613. The van der Waals surface area contributed by atoms with Gasteiger partial charge in [0, 0.05) is 29.9 Å². The van der Waals surface area contributed by atoms with Gasteiger partial charge >= 0.3 is 0 Å². The van der Waals surface area contributed by atoms with E-state index in [4.69, 9.17) is 0 Å². The van der Waals surface area contributed by atoms with Crippen LogP contribution in [0, 0.1) is 22.9 Å². The second-order valence-corrected chi connectivity index (χ2v) is 5.62. The molecule has 0 amide bonds. The molecule has 3 aromatic heterocycles. The molecule has 0 spiro atoms. The van der Waals surface area contributed by atoms with Gasteiger partial charge in [0.2, 0.25) is 5.95 Å². The van der Waals surface area contributed by atoms with Crippen molar-refractivity contribution >= 4 is 28.2 Å². The van der Waals surface area contributed by atoms with Crippen molar-refractivity contribution in [1.29, 1.82) is 0 Å². The lowest BCUT2D eigenvalue weighted by Gasteiger charge is -2.08. The van der Waals surface area contributed by atoms with Crippen LogP contribution < -0.4 is 5.32 Å². The maximum atomic E-state index is 14.4. The number of nitro groups is 1. The molecule has 0 unspecified atom stereocenters. The molecular weight excluding hydrogens is 341 g/mol. The molecule has 3 heterocycles. The number of benzene rings is 1. The molecule has 0 aliphatic rings. The Bertz CT molecular complexity index is 1120. The third kappa shape index (κ3) is 2.62. The highest BCUT2D eigenvalue weighted by molar-refractivity contribution is 5.87. The van der Waals surface area contributed by atoms with Crippen LogP contribution in [0.25, 0.3) is 16.7 Å². The van der Waals surface area contributed by atoms with Crippen LogP contribution in [0.5, 0.6) is 0 Å². The smallest absolute Gasteiger partial charge is 0.270 e. The van der Waals surface area contributed by atoms with E-state index in [0.29, 0.717) is 16.6 Å². The van der Waals surface area contributed by atoms with Gasteiger partial charge in [0.15, 0.2) is 11.6 Å². The number of rotatable bonds is 4. The van der Waals surface area contributed by atoms with Crippen molar-refractivity contribution in [3.63, 3.8) is 0 Å². The molecule has 2 N–H and O–H groups in total. The van der Waals surface area contributed by atoms with E-state index >= 15 is 0 Å². The van der Waals surface area contributed by atoms with Gasteiger partial charge in [-0.3, -0.25) is 19.8 Å². The maximum absolute atomic E-state index is 14.4. The predicted octanol–water partition coefficient (Wildman–Crippen LogP) is 3.24. The maximum Gasteiger partial charge on any atom is 0.270 e. The van der Waals surface area contributed by atoms with Crippen molar-refractivity contribution in [3.8, 4) is 5.82 Å². The van der Waals surface area contributed by atoms with Crippen LogP contribution in [0.3, 0.4) is 0 Å². The van der Waals surface area contributed by atoms with Gasteiger partial charge in [-0.25, -0.2) is 9.37 Å². The summed E-state index contributed by atoms with van der Waals surface area (Å²) in [5, 5.41) is 21.0. The molecule has 0 saturated heterocycles. The van der Waals surface area contributed by atoms with Gasteiger partial charge in [0.25, 0.3) is 5.69 Å². The van der Waals surface area contributed by atoms with E-state index in [9.17, 15) is 14.5 Å². The number of anilines is 2. The number of non-ortho nitro benzene ring substituents is 1. The van der Waals surface area contributed by atoms with Crippen molar-refractivity contribution < 1.29 is 9.31 Å². The van der Waals surface area contributed by atoms with E-state index in [-0.39, 0.29) is 17.5 Å². The largest absolute Gasteiger partial charge is 0.321 e. The highest BCUT2D eigenvalue weighted by Crippen LogP contribution is 2.28. The summed E-state index contributed by atoms with van der Waals surface area (Å²) in [7, 11) is 0. The predicted molar refractivity (Wildman–Crippen MR) is 92.1 cm³/mol. The zero-order chi connectivity index (χ0) is 18.3. The van der Waals surface area contributed by atoms with E-state index in [1.807, 2.05) is 0 Å². The van der Waals surface area contributed by atoms with Crippen LogP contribution in [0.2, 0.25) is 0 Å². The molecule has 26 heavy (non-hydrogen) atoms. The summed E-state index contributed by atoms with van der Waals surface area (Å²) in [4.78, 5) is 18.7. The molecule has 0 fully saturated rings. The minimum absolute atomic E-state index is 0.0242. The lowest BCUT2D eigenvalue weighted by molar-refractivity contribution is -0.384.